The molecule has 6 heteroatoms. The van der Waals surface area contributed by atoms with E-state index in [0.717, 1.165) is 31.4 Å². The molecule has 0 bridgehead atoms. The monoisotopic (exact) mass is 286 g/mol. The molecule has 2 aromatic heterocycles. The molecule has 1 aliphatic heterocycles. The van der Waals surface area contributed by atoms with Crippen molar-refractivity contribution in [1.29, 1.82) is 0 Å². The first-order valence-corrected chi connectivity index (χ1v) is 7.22. The van der Waals surface area contributed by atoms with Gasteiger partial charge in [0.05, 0.1) is 18.0 Å². The summed E-state index contributed by atoms with van der Waals surface area (Å²) >= 11 is 0. The number of rotatable bonds is 5. The van der Waals surface area contributed by atoms with Crippen molar-refractivity contribution >= 4 is 17.3 Å². The fraction of sp³-hybridized carbons (Fsp3) is 0.400. The molecule has 3 rings (SSSR count). The van der Waals surface area contributed by atoms with Crippen LogP contribution in [0.3, 0.4) is 0 Å². The van der Waals surface area contributed by atoms with Gasteiger partial charge in [-0.25, -0.2) is 4.98 Å². The van der Waals surface area contributed by atoms with E-state index in [1.165, 1.54) is 0 Å². The Morgan fingerprint density at radius 2 is 2.33 bits per heavy atom. The number of carbonyl (C=O) groups excluding carboxylic acids is 2. The van der Waals surface area contributed by atoms with Gasteiger partial charge in [-0.15, -0.1) is 0 Å². The molecule has 2 aromatic rings. The third kappa shape index (κ3) is 3.04. The molecule has 1 N–H and O–H groups in total. The lowest BCUT2D eigenvalue weighted by Gasteiger charge is -2.15. The summed E-state index contributed by atoms with van der Waals surface area (Å²) in [5.74, 6) is 0.138. The molecule has 0 aliphatic carbocycles. The minimum absolute atomic E-state index is 0.0913. The molecule has 3 heterocycles. The zero-order valence-electron chi connectivity index (χ0n) is 11.8. The number of amides is 2. The van der Waals surface area contributed by atoms with E-state index in [9.17, 15) is 9.59 Å². The minimum atomic E-state index is -0.0913. The molecule has 0 saturated carbocycles. The van der Waals surface area contributed by atoms with Crippen LogP contribution >= 0.6 is 0 Å². The summed E-state index contributed by atoms with van der Waals surface area (Å²) < 4.78 is 1.86. The Morgan fingerprint density at radius 3 is 3.14 bits per heavy atom. The van der Waals surface area contributed by atoms with Gasteiger partial charge >= 0.3 is 0 Å². The van der Waals surface area contributed by atoms with Crippen molar-refractivity contribution in [2.45, 2.75) is 19.3 Å². The van der Waals surface area contributed by atoms with E-state index in [-0.39, 0.29) is 11.8 Å². The van der Waals surface area contributed by atoms with Gasteiger partial charge in [0.25, 0.3) is 5.91 Å². The van der Waals surface area contributed by atoms with Crippen molar-refractivity contribution in [3.8, 4) is 0 Å². The molecule has 0 atom stereocenters. The quantitative estimate of drug-likeness (QED) is 0.836. The number of pyridine rings is 1. The lowest BCUT2D eigenvalue weighted by Crippen LogP contribution is -2.30. The first-order chi connectivity index (χ1) is 10.2. The average molecular weight is 286 g/mol. The van der Waals surface area contributed by atoms with Gasteiger partial charge in [0.1, 0.15) is 0 Å². The molecule has 1 fully saturated rings. The molecule has 0 radical (unpaired) electrons. The maximum atomic E-state index is 12.0. The second-order valence-electron chi connectivity index (χ2n) is 5.23. The van der Waals surface area contributed by atoms with E-state index in [4.69, 9.17) is 0 Å². The minimum Gasteiger partial charge on any atom is -0.352 e. The van der Waals surface area contributed by atoms with Crippen molar-refractivity contribution in [1.82, 2.24) is 19.6 Å². The molecule has 110 valence electrons. The predicted octanol–water partition coefficient (Wildman–Crippen LogP) is 1.08. The summed E-state index contributed by atoms with van der Waals surface area (Å²) in [6, 6.07) is 3.58. The van der Waals surface area contributed by atoms with Gasteiger partial charge in [-0.3, -0.25) is 9.59 Å². The molecule has 6 nitrogen and oxygen atoms in total. The SMILES string of the molecule is O=C(NCCCN1CCCC1=O)c1ccn2cncc2c1. The van der Waals surface area contributed by atoms with Gasteiger partial charge in [-0.05, 0) is 25.0 Å². The van der Waals surface area contributed by atoms with Gasteiger partial charge in [0.2, 0.25) is 5.91 Å². The van der Waals surface area contributed by atoms with E-state index in [1.54, 1.807) is 18.6 Å². The number of hydrogen-bond acceptors (Lipinski definition) is 3. The van der Waals surface area contributed by atoms with Crippen LogP contribution in [0.5, 0.6) is 0 Å². The van der Waals surface area contributed by atoms with Crippen LogP contribution in [-0.2, 0) is 4.79 Å². The Morgan fingerprint density at radius 1 is 1.43 bits per heavy atom. The Hall–Kier alpha value is -2.37. The fourth-order valence-corrected chi connectivity index (χ4v) is 2.57. The Labute approximate surface area is 122 Å². The fourth-order valence-electron chi connectivity index (χ4n) is 2.57. The number of imidazole rings is 1. The van der Waals surface area contributed by atoms with Crippen LogP contribution in [0.1, 0.15) is 29.6 Å². The van der Waals surface area contributed by atoms with Gasteiger partial charge in [0, 0.05) is 37.8 Å². The maximum Gasteiger partial charge on any atom is 0.251 e. The number of fused-ring (bicyclic) bond motifs is 1. The van der Waals surface area contributed by atoms with Crippen molar-refractivity contribution in [2.75, 3.05) is 19.6 Å². The van der Waals surface area contributed by atoms with Gasteiger partial charge < -0.3 is 14.6 Å². The molecule has 0 unspecified atom stereocenters. The maximum absolute atomic E-state index is 12.0. The average Bonchev–Trinajstić information content (AvgIpc) is 3.11. The van der Waals surface area contributed by atoms with Crippen LogP contribution in [0.25, 0.3) is 5.52 Å². The number of nitrogens with zero attached hydrogens (tertiary/aromatic N) is 3. The van der Waals surface area contributed by atoms with Crippen LogP contribution in [0.15, 0.2) is 30.9 Å². The normalized spacial score (nSPS) is 14.9. The highest BCUT2D eigenvalue weighted by Crippen LogP contribution is 2.09. The molecule has 0 aromatic carbocycles. The zero-order valence-corrected chi connectivity index (χ0v) is 11.8. The Bertz CT molecular complexity index is 664. The van der Waals surface area contributed by atoms with Crippen molar-refractivity contribution in [3.05, 3.63) is 36.4 Å². The van der Waals surface area contributed by atoms with Crippen LogP contribution in [-0.4, -0.2) is 45.7 Å². The molecular weight excluding hydrogens is 268 g/mol. The van der Waals surface area contributed by atoms with Crippen molar-refractivity contribution in [2.24, 2.45) is 0 Å². The first kappa shape index (κ1) is 13.6. The lowest BCUT2D eigenvalue weighted by atomic mass is 10.2. The second-order valence-corrected chi connectivity index (χ2v) is 5.23. The highest BCUT2D eigenvalue weighted by molar-refractivity contribution is 5.95. The highest BCUT2D eigenvalue weighted by atomic mass is 16.2. The van der Waals surface area contributed by atoms with Gasteiger partial charge in [-0.1, -0.05) is 0 Å². The van der Waals surface area contributed by atoms with Crippen molar-refractivity contribution in [3.63, 3.8) is 0 Å². The molecule has 0 spiro atoms. The third-order valence-electron chi connectivity index (χ3n) is 3.74. The standard InChI is InChI=1S/C15H18N4O2/c20-14-3-1-6-18(14)7-2-5-17-15(21)12-4-8-19-11-16-10-13(19)9-12/h4,8-11H,1-3,5-7H2,(H,17,21). The smallest absolute Gasteiger partial charge is 0.251 e. The van der Waals surface area contributed by atoms with Crippen LogP contribution in [0.4, 0.5) is 0 Å². The molecule has 2 amide bonds. The summed E-state index contributed by atoms with van der Waals surface area (Å²) in [7, 11) is 0. The summed E-state index contributed by atoms with van der Waals surface area (Å²) in [4.78, 5) is 29.4. The topological polar surface area (TPSA) is 66.7 Å². The molecule has 21 heavy (non-hydrogen) atoms. The lowest BCUT2D eigenvalue weighted by molar-refractivity contribution is -0.127. The number of likely N-dealkylation sites (tertiary alicyclic amines) is 1. The Balaban J connectivity index is 1.48. The number of aromatic nitrogens is 2. The van der Waals surface area contributed by atoms with E-state index in [1.807, 2.05) is 21.6 Å². The van der Waals surface area contributed by atoms with E-state index in [2.05, 4.69) is 10.3 Å². The van der Waals surface area contributed by atoms with Crippen LogP contribution in [0.2, 0.25) is 0 Å². The summed E-state index contributed by atoms with van der Waals surface area (Å²) in [6.07, 6.45) is 7.64. The predicted molar refractivity (Wildman–Crippen MR) is 78.0 cm³/mol. The summed E-state index contributed by atoms with van der Waals surface area (Å²) in [6.45, 7) is 2.15. The number of carbonyl (C=O) groups is 2. The number of hydrogen-bond donors (Lipinski definition) is 1. The van der Waals surface area contributed by atoms with E-state index >= 15 is 0 Å². The van der Waals surface area contributed by atoms with Crippen LogP contribution in [0, 0.1) is 0 Å². The largest absolute Gasteiger partial charge is 0.352 e. The first-order valence-electron chi connectivity index (χ1n) is 7.22. The van der Waals surface area contributed by atoms with Crippen LogP contribution < -0.4 is 5.32 Å². The van der Waals surface area contributed by atoms with Gasteiger partial charge in [0.15, 0.2) is 0 Å². The van der Waals surface area contributed by atoms with Gasteiger partial charge in [-0.2, -0.15) is 0 Å². The zero-order chi connectivity index (χ0) is 14.7. The van der Waals surface area contributed by atoms with E-state index in [0.29, 0.717) is 18.5 Å². The second kappa shape index (κ2) is 5.95. The number of nitrogens with one attached hydrogen (secondary N) is 1. The molecule has 1 saturated heterocycles. The molecular formula is C15H18N4O2. The summed E-state index contributed by atoms with van der Waals surface area (Å²) in [5.41, 5.74) is 1.52. The highest BCUT2D eigenvalue weighted by Gasteiger charge is 2.19. The Kier molecular flexibility index (Phi) is 3.85. The third-order valence-corrected chi connectivity index (χ3v) is 3.74. The molecule has 1 aliphatic rings. The van der Waals surface area contributed by atoms with E-state index < -0.39 is 0 Å². The van der Waals surface area contributed by atoms with Crippen molar-refractivity contribution < 1.29 is 9.59 Å². The summed E-state index contributed by atoms with van der Waals surface area (Å²) in [5, 5.41) is 2.89.